The van der Waals surface area contributed by atoms with Gasteiger partial charge in [0.25, 0.3) is 5.91 Å². The molecule has 0 atom stereocenters. The highest BCUT2D eigenvalue weighted by Crippen LogP contribution is 2.24. The number of anilines is 1. The Morgan fingerprint density at radius 3 is 2.82 bits per heavy atom. The highest BCUT2D eigenvalue weighted by Gasteiger charge is 2.20. The van der Waals surface area contributed by atoms with E-state index in [1.54, 1.807) is 36.5 Å². The van der Waals surface area contributed by atoms with E-state index in [0.29, 0.717) is 21.7 Å². The number of ether oxygens (including phenoxy) is 1. The summed E-state index contributed by atoms with van der Waals surface area (Å²) < 4.78 is 6.05. The fraction of sp³-hybridized carbons (Fsp3) is 0.150. The van der Waals surface area contributed by atoms with Crippen LogP contribution in [0.25, 0.3) is 10.9 Å². The standard InChI is InChI=1S/C20H15BrClN3O3/c21-13-5-6-18-16(9-13)17(11-24-18)20(27)28-12-19(26)25(8-2-7-23)15-4-1-3-14(22)10-15/h1,3-6,9-11,24H,2,8,12H2. The topological polar surface area (TPSA) is 86.2 Å². The maximum absolute atomic E-state index is 12.6. The van der Waals surface area contributed by atoms with Crippen molar-refractivity contribution in [1.82, 2.24) is 4.98 Å². The van der Waals surface area contributed by atoms with Gasteiger partial charge in [0.1, 0.15) is 0 Å². The third kappa shape index (κ3) is 4.53. The van der Waals surface area contributed by atoms with Gasteiger partial charge in [-0.2, -0.15) is 5.26 Å². The SMILES string of the molecule is N#CCCN(C(=O)COC(=O)c1c[nH]c2ccc(Br)cc12)c1cccc(Cl)c1. The largest absolute Gasteiger partial charge is 0.452 e. The summed E-state index contributed by atoms with van der Waals surface area (Å²) in [5.41, 5.74) is 1.67. The van der Waals surface area contributed by atoms with E-state index in [1.165, 1.54) is 4.90 Å². The fourth-order valence-electron chi connectivity index (χ4n) is 2.75. The Kier molecular flexibility index (Phi) is 6.34. The lowest BCUT2D eigenvalue weighted by molar-refractivity contribution is -0.121. The molecule has 0 bridgehead atoms. The number of hydrogen-bond donors (Lipinski definition) is 1. The molecule has 8 heteroatoms. The Bertz CT molecular complexity index is 1070. The molecule has 28 heavy (non-hydrogen) atoms. The zero-order valence-electron chi connectivity index (χ0n) is 14.6. The minimum absolute atomic E-state index is 0.142. The number of nitriles is 1. The molecule has 0 aliphatic rings. The van der Waals surface area contributed by atoms with Gasteiger partial charge in [0, 0.05) is 38.8 Å². The number of esters is 1. The Labute approximate surface area is 174 Å². The second-order valence-electron chi connectivity index (χ2n) is 5.90. The smallest absolute Gasteiger partial charge is 0.340 e. The molecule has 3 rings (SSSR count). The van der Waals surface area contributed by atoms with E-state index in [-0.39, 0.29) is 13.0 Å². The third-order valence-corrected chi connectivity index (χ3v) is 4.79. The predicted molar refractivity (Wildman–Crippen MR) is 110 cm³/mol. The first-order valence-electron chi connectivity index (χ1n) is 8.36. The zero-order valence-corrected chi connectivity index (χ0v) is 17.0. The number of halogens is 2. The van der Waals surface area contributed by atoms with Crippen molar-refractivity contribution in [2.24, 2.45) is 0 Å². The number of H-pyrrole nitrogens is 1. The van der Waals surface area contributed by atoms with E-state index in [0.717, 1.165) is 9.99 Å². The number of carbonyl (C=O) groups excluding carboxylic acids is 2. The van der Waals surface area contributed by atoms with Crippen molar-refractivity contribution in [3.8, 4) is 6.07 Å². The summed E-state index contributed by atoms with van der Waals surface area (Å²) in [5, 5.41) is 10.0. The molecule has 0 radical (unpaired) electrons. The van der Waals surface area contributed by atoms with Crippen LogP contribution in [-0.4, -0.2) is 30.0 Å². The molecule has 0 aliphatic heterocycles. The number of benzene rings is 2. The quantitative estimate of drug-likeness (QED) is 0.541. The van der Waals surface area contributed by atoms with Crippen LogP contribution >= 0.6 is 27.5 Å². The highest BCUT2D eigenvalue weighted by molar-refractivity contribution is 9.10. The monoisotopic (exact) mass is 459 g/mol. The molecule has 0 aliphatic carbocycles. The Morgan fingerprint density at radius 2 is 2.07 bits per heavy atom. The Balaban J connectivity index is 1.73. The lowest BCUT2D eigenvalue weighted by atomic mass is 10.2. The van der Waals surface area contributed by atoms with Gasteiger partial charge >= 0.3 is 5.97 Å². The number of nitrogens with zero attached hydrogens (tertiary/aromatic N) is 2. The summed E-state index contributed by atoms with van der Waals surface area (Å²) in [6.07, 6.45) is 1.69. The van der Waals surface area contributed by atoms with Gasteiger partial charge < -0.3 is 14.6 Å². The van der Waals surface area contributed by atoms with Gasteiger partial charge in [-0.3, -0.25) is 4.79 Å². The number of carbonyl (C=O) groups is 2. The first kappa shape index (κ1) is 19.9. The average molecular weight is 461 g/mol. The maximum atomic E-state index is 12.6. The molecular weight excluding hydrogens is 446 g/mol. The summed E-state index contributed by atoms with van der Waals surface area (Å²) in [7, 11) is 0. The molecule has 0 saturated heterocycles. The molecule has 1 aromatic heterocycles. The summed E-state index contributed by atoms with van der Waals surface area (Å²) in [4.78, 5) is 29.5. The van der Waals surface area contributed by atoms with E-state index in [4.69, 9.17) is 21.6 Å². The average Bonchev–Trinajstić information content (AvgIpc) is 3.09. The number of amides is 1. The van der Waals surface area contributed by atoms with Crippen molar-refractivity contribution in [2.75, 3.05) is 18.1 Å². The van der Waals surface area contributed by atoms with Crippen LogP contribution in [0.3, 0.4) is 0 Å². The maximum Gasteiger partial charge on any atom is 0.340 e. The molecule has 3 aromatic rings. The van der Waals surface area contributed by atoms with Crippen LogP contribution in [0.5, 0.6) is 0 Å². The van der Waals surface area contributed by atoms with Crippen LogP contribution in [0, 0.1) is 11.3 Å². The molecule has 6 nitrogen and oxygen atoms in total. The molecule has 0 saturated carbocycles. The van der Waals surface area contributed by atoms with Crippen LogP contribution in [0.1, 0.15) is 16.8 Å². The summed E-state index contributed by atoms with van der Waals surface area (Å²) in [6, 6.07) is 14.2. The zero-order chi connectivity index (χ0) is 20.1. The minimum atomic E-state index is -0.607. The predicted octanol–water partition coefficient (Wildman–Crippen LogP) is 4.69. The normalized spacial score (nSPS) is 10.5. The fourth-order valence-corrected chi connectivity index (χ4v) is 3.29. The molecule has 1 heterocycles. The van der Waals surface area contributed by atoms with Crippen LogP contribution < -0.4 is 4.90 Å². The molecule has 2 aromatic carbocycles. The van der Waals surface area contributed by atoms with Gasteiger partial charge in [0.2, 0.25) is 0 Å². The van der Waals surface area contributed by atoms with Gasteiger partial charge in [0.15, 0.2) is 6.61 Å². The van der Waals surface area contributed by atoms with Gasteiger partial charge in [-0.1, -0.05) is 33.6 Å². The molecular formula is C20H15BrClN3O3. The van der Waals surface area contributed by atoms with Crippen molar-refractivity contribution in [3.05, 3.63) is 63.7 Å². The molecule has 0 unspecified atom stereocenters. The third-order valence-electron chi connectivity index (χ3n) is 4.06. The van der Waals surface area contributed by atoms with Crippen molar-refractivity contribution in [2.45, 2.75) is 6.42 Å². The Morgan fingerprint density at radius 1 is 1.25 bits per heavy atom. The van der Waals surface area contributed by atoms with E-state index in [9.17, 15) is 9.59 Å². The van der Waals surface area contributed by atoms with Gasteiger partial charge in [0.05, 0.1) is 18.1 Å². The molecule has 0 spiro atoms. The van der Waals surface area contributed by atoms with Gasteiger partial charge in [-0.05, 0) is 36.4 Å². The van der Waals surface area contributed by atoms with Crippen molar-refractivity contribution in [1.29, 1.82) is 5.26 Å². The molecule has 1 amide bonds. The summed E-state index contributed by atoms with van der Waals surface area (Å²) >= 11 is 9.37. The Hall–Kier alpha value is -2.82. The van der Waals surface area contributed by atoms with Gasteiger partial charge in [-0.25, -0.2) is 4.79 Å². The van der Waals surface area contributed by atoms with E-state index < -0.39 is 18.5 Å². The van der Waals surface area contributed by atoms with Crippen LogP contribution in [-0.2, 0) is 9.53 Å². The van der Waals surface area contributed by atoms with E-state index in [2.05, 4.69) is 20.9 Å². The van der Waals surface area contributed by atoms with Crippen LogP contribution in [0.15, 0.2) is 53.1 Å². The summed E-state index contributed by atoms with van der Waals surface area (Å²) in [5.74, 6) is -1.05. The lowest BCUT2D eigenvalue weighted by Gasteiger charge is -2.21. The number of nitrogens with one attached hydrogen (secondary N) is 1. The van der Waals surface area contributed by atoms with Gasteiger partial charge in [-0.15, -0.1) is 0 Å². The second-order valence-corrected chi connectivity index (χ2v) is 7.25. The first-order valence-corrected chi connectivity index (χ1v) is 9.53. The minimum Gasteiger partial charge on any atom is -0.452 e. The molecule has 142 valence electrons. The van der Waals surface area contributed by atoms with Crippen molar-refractivity contribution >= 4 is 56.0 Å². The summed E-state index contributed by atoms with van der Waals surface area (Å²) in [6.45, 7) is -0.273. The second kappa shape index (κ2) is 8.91. The molecule has 1 N–H and O–H groups in total. The number of hydrogen-bond acceptors (Lipinski definition) is 4. The van der Waals surface area contributed by atoms with Crippen molar-refractivity contribution < 1.29 is 14.3 Å². The molecule has 0 fully saturated rings. The van der Waals surface area contributed by atoms with E-state index >= 15 is 0 Å². The van der Waals surface area contributed by atoms with Crippen molar-refractivity contribution in [3.63, 3.8) is 0 Å². The van der Waals surface area contributed by atoms with Crippen LogP contribution in [0.4, 0.5) is 5.69 Å². The lowest BCUT2D eigenvalue weighted by Crippen LogP contribution is -2.35. The number of aromatic amines is 1. The number of fused-ring (bicyclic) bond motifs is 1. The van der Waals surface area contributed by atoms with Crippen LogP contribution in [0.2, 0.25) is 5.02 Å². The first-order chi connectivity index (χ1) is 13.5. The number of aromatic nitrogens is 1. The highest BCUT2D eigenvalue weighted by atomic mass is 79.9. The van der Waals surface area contributed by atoms with E-state index in [1.807, 2.05) is 18.2 Å². The number of rotatable bonds is 6.